The molecule has 0 aromatic heterocycles. The van der Waals surface area contributed by atoms with Crippen LogP contribution in [0, 0.1) is 10.1 Å². The normalized spacial score (nSPS) is 12.0. The van der Waals surface area contributed by atoms with Crippen LogP contribution in [0.15, 0.2) is 18.2 Å². The Morgan fingerprint density at radius 3 is 2.65 bits per heavy atom. The van der Waals surface area contributed by atoms with Gasteiger partial charge >= 0.3 is 0 Å². The Bertz CT molecular complexity index is 406. The highest BCUT2D eigenvalue weighted by atomic mass is 16.6. The van der Waals surface area contributed by atoms with E-state index in [1.54, 1.807) is 24.9 Å². The van der Waals surface area contributed by atoms with Gasteiger partial charge in [0.15, 0.2) is 0 Å². The number of likely N-dealkylation sites (N-methyl/N-ethyl adjacent to an activating group) is 1. The molecule has 1 aromatic rings. The molecule has 0 bridgehead atoms. The molecule has 1 rings (SSSR count). The zero-order chi connectivity index (χ0) is 13.0. The topological polar surface area (TPSA) is 75.8 Å². The van der Waals surface area contributed by atoms with Crippen LogP contribution in [0.5, 0.6) is 5.75 Å². The van der Waals surface area contributed by atoms with Crippen LogP contribution in [-0.4, -0.2) is 36.8 Å². The van der Waals surface area contributed by atoms with Gasteiger partial charge in [-0.2, -0.15) is 0 Å². The molecular weight excluding hydrogens is 224 g/mol. The van der Waals surface area contributed by atoms with Gasteiger partial charge in [0.05, 0.1) is 24.2 Å². The Kier molecular flexibility index (Phi) is 4.28. The van der Waals surface area contributed by atoms with Crippen LogP contribution < -0.4 is 9.64 Å². The lowest BCUT2D eigenvalue weighted by molar-refractivity contribution is -0.384. The largest absolute Gasteiger partial charge is 0.496 e. The van der Waals surface area contributed by atoms with Gasteiger partial charge < -0.3 is 14.7 Å². The van der Waals surface area contributed by atoms with Crippen molar-refractivity contribution in [1.82, 2.24) is 0 Å². The molecular formula is C11H16N2O4. The van der Waals surface area contributed by atoms with Crippen LogP contribution in [0.2, 0.25) is 0 Å². The fraction of sp³-hybridized carbons (Fsp3) is 0.455. The SMILES string of the molecule is COc1cc(N(C)CC(C)O)cc([N+](=O)[O-])c1. The van der Waals surface area contributed by atoms with E-state index >= 15 is 0 Å². The summed E-state index contributed by atoms with van der Waals surface area (Å²) in [6.07, 6.45) is -0.509. The number of aliphatic hydroxyl groups excluding tert-OH is 1. The van der Waals surface area contributed by atoms with Crippen LogP contribution in [0.1, 0.15) is 6.92 Å². The predicted octanol–water partition coefficient (Wildman–Crippen LogP) is 1.42. The van der Waals surface area contributed by atoms with Crippen molar-refractivity contribution < 1.29 is 14.8 Å². The number of nitro benzene ring substituents is 1. The van der Waals surface area contributed by atoms with Gasteiger partial charge in [-0.15, -0.1) is 0 Å². The third-order valence-electron chi connectivity index (χ3n) is 2.30. The molecule has 0 radical (unpaired) electrons. The highest BCUT2D eigenvalue weighted by molar-refractivity contribution is 5.57. The summed E-state index contributed by atoms with van der Waals surface area (Å²) >= 11 is 0. The third-order valence-corrected chi connectivity index (χ3v) is 2.30. The molecule has 0 fully saturated rings. The van der Waals surface area contributed by atoms with E-state index in [1.807, 2.05) is 0 Å². The molecule has 0 spiro atoms. The number of hydrogen-bond donors (Lipinski definition) is 1. The smallest absolute Gasteiger partial charge is 0.275 e. The predicted molar refractivity (Wildman–Crippen MR) is 64.6 cm³/mol. The van der Waals surface area contributed by atoms with Gasteiger partial charge in [-0.05, 0) is 6.92 Å². The summed E-state index contributed by atoms with van der Waals surface area (Å²) in [7, 11) is 3.21. The van der Waals surface area contributed by atoms with Crippen LogP contribution in [0.3, 0.4) is 0 Å². The van der Waals surface area contributed by atoms with Crippen molar-refractivity contribution in [3.8, 4) is 5.75 Å². The quantitative estimate of drug-likeness (QED) is 0.622. The van der Waals surface area contributed by atoms with E-state index in [1.165, 1.54) is 19.2 Å². The Labute approximate surface area is 99.6 Å². The average Bonchev–Trinajstić information content (AvgIpc) is 2.27. The molecule has 0 aliphatic heterocycles. The summed E-state index contributed by atoms with van der Waals surface area (Å²) in [4.78, 5) is 12.0. The minimum absolute atomic E-state index is 0.0307. The van der Waals surface area contributed by atoms with Gasteiger partial charge in [-0.25, -0.2) is 0 Å². The molecule has 6 nitrogen and oxygen atoms in total. The van der Waals surface area contributed by atoms with Crippen molar-refractivity contribution >= 4 is 11.4 Å². The number of nitro groups is 1. The molecule has 0 heterocycles. The molecule has 0 saturated carbocycles. The molecule has 0 aliphatic carbocycles. The zero-order valence-corrected chi connectivity index (χ0v) is 10.1. The third kappa shape index (κ3) is 3.60. The molecule has 0 aliphatic rings. The Morgan fingerprint density at radius 2 is 2.18 bits per heavy atom. The lowest BCUT2D eigenvalue weighted by atomic mass is 10.2. The van der Waals surface area contributed by atoms with Gasteiger partial charge in [0.2, 0.25) is 0 Å². The van der Waals surface area contributed by atoms with E-state index in [-0.39, 0.29) is 5.69 Å². The van der Waals surface area contributed by atoms with Crippen molar-refractivity contribution in [1.29, 1.82) is 0 Å². The number of methoxy groups -OCH3 is 1. The minimum Gasteiger partial charge on any atom is -0.496 e. The molecule has 0 amide bonds. The first-order valence-corrected chi connectivity index (χ1v) is 5.16. The second-order valence-electron chi connectivity index (χ2n) is 3.88. The maximum atomic E-state index is 10.7. The van der Waals surface area contributed by atoms with Crippen molar-refractivity contribution in [2.75, 3.05) is 25.6 Å². The number of hydrogen-bond acceptors (Lipinski definition) is 5. The number of nitrogens with zero attached hydrogens (tertiary/aromatic N) is 2. The Balaban J connectivity index is 3.06. The molecule has 6 heteroatoms. The van der Waals surface area contributed by atoms with E-state index in [2.05, 4.69) is 0 Å². The molecule has 0 saturated heterocycles. The van der Waals surface area contributed by atoms with Crippen LogP contribution >= 0.6 is 0 Å². The van der Waals surface area contributed by atoms with Gasteiger partial charge in [0, 0.05) is 31.4 Å². The molecule has 94 valence electrons. The maximum Gasteiger partial charge on any atom is 0.275 e. The number of benzene rings is 1. The monoisotopic (exact) mass is 240 g/mol. The molecule has 1 aromatic carbocycles. The van der Waals surface area contributed by atoms with E-state index in [0.29, 0.717) is 18.0 Å². The summed E-state index contributed by atoms with van der Waals surface area (Å²) in [6.45, 7) is 2.05. The summed E-state index contributed by atoms with van der Waals surface area (Å²) in [5.74, 6) is 0.423. The highest BCUT2D eigenvalue weighted by Crippen LogP contribution is 2.27. The summed E-state index contributed by atoms with van der Waals surface area (Å²) in [5, 5.41) is 20.0. The summed E-state index contributed by atoms with van der Waals surface area (Å²) in [5.41, 5.74) is 0.605. The Hall–Kier alpha value is -1.82. The fourth-order valence-corrected chi connectivity index (χ4v) is 1.51. The first-order valence-electron chi connectivity index (χ1n) is 5.16. The van der Waals surface area contributed by atoms with Crippen LogP contribution in [-0.2, 0) is 0 Å². The fourth-order valence-electron chi connectivity index (χ4n) is 1.51. The minimum atomic E-state index is -0.509. The van der Waals surface area contributed by atoms with Gasteiger partial charge in [0.25, 0.3) is 5.69 Å². The number of non-ortho nitro benzene ring substituents is 1. The number of ether oxygens (including phenoxy) is 1. The highest BCUT2D eigenvalue weighted by Gasteiger charge is 2.13. The first kappa shape index (κ1) is 13.2. The van der Waals surface area contributed by atoms with Crippen LogP contribution in [0.4, 0.5) is 11.4 Å². The molecule has 1 atom stereocenters. The van der Waals surface area contributed by atoms with Gasteiger partial charge in [-0.3, -0.25) is 10.1 Å². The van der Waals surface area contributed by atoms with Crippen LogP contribution in [0.25, 0.3) is 0 Å². The molecule has 1 N–H and O–H groups in total. The number of anilines is 1. The molecule has 1 unspecified atom stereocenters. The van der Waals surface area contributed by atoms with Crippen molar-refractivity contribution in [3.05, 3.63) is 28.3 Å². The van der Waals surface area contributed by atoms with E-state index in [0.717, 1.165) is 0 Å². The lowest BCUT2D eigenvalue weighted by Crippen LogP contribution is -2.26. The van der Waals surface area contributed by atoms with E-state index < -0.39 is 11.0 Å². The van der Waals surface area contributed by atoms with E-state index in [9.17, 15) is 15.2 Å². The average molecular weight is 240 g/mol. The summed E-state index contributed by atoms with van der Waals surface area (Å²) in [6, 6.07) is 4.50. The van der Waals surface area contributed by atoms with E-state index in [4.69, 9.17) is 4.74 Å². The standard InChI is InChI=1S/C11H16N2O4/c1-8(14)7-12(2)9-4-10(13(15)16)6-11(5-9)17-3/h4-6,8,14H,7H2,1-3H3. The van der Waals surface area contributed by atoms with Crippen molar-refractivity contribution in [3.63, 3.8) is 0 Å². The van der Waals surface area contributed by atoms with Gasteiger partial charge in [0.1, 0.15) is 5.75 Å². The Morgan fingerprint density at radius 1 is 1.53 bits per heavy atom. The number of aliphatic hydroxyl groups is 1. The second kappa shape index (κ2) is 5.49. The first-order chi connectivity index (χ1) is 7.93. The van der Waals surface area contributed by atoms with Crippen molar-refractivity contribution in [2.24, 2.45) is 0 Å². The molecule has 17 heavy (non-hydrogen) atoms. The second-order valence-corrected chi connectivity index (χ2v) is 3.88. The lowest BCUT2D eigenvalue weighted by Gasteiger charge is -2.21. The summed E-state index contributed by atoms with van der Waals surface area (Å²) < 4.78 is 5.01. The van der Waals surface area contributed by atoms with Gasteiger partial charge in [-0.1, -0.05) is 0 Å². The number of rotatable bonds is 5. The van der Waals surface area contributed by atoms with Crippen molar-refractivity contribution in [2.45, 2.75) is 13.0 Å². The maximum absolute atomic E-state index is 10.7. The zero-order valence-electron chi connectivity index (χ0n) is 10.1.